The van der Waals surface area contributed by atoms with E-state index in [4.69, 9.17) is 27.9 Å². The Morgan fingerprint density at radius 1 is 1.07 bits per heavy atom. The lowest BCUT2D eigenvalue weighted by atomic mass is 10.2. The molecule has 160 valence electrons. The van der Waals surface area contributed by atoms with Gasteiger partial charge in [0.05, 0.1) is 26.2 Å². The van der Waals surface area contributed by atoms with Crippen LogP contribution in [0.4, 0.5) is 5.69 Å². The van der Waals surface area contributed by atoms with Gasteiger partial charge >= 0.3 is 5.97 Å². The van der Waals surface area contributed by atoms with Gasteiger partial charge in [-0.05, 0) is 56.2 Å². The number of anilines is 1. The second kappa shape index (κ2) is 9.34. The molecule has 10 heteroatoms. The van der Waals surface area contributed by atoms with Crippen LogP contribution in [0.5, 0.6) is 0 Å². The van der Waals surface area contributed by atoms with E-state index in [1.165, 1.54) is 35.5 Å². The average molecular weight is 471 g/mol. The number of carbonyl (C=O) groups excluding carboxylic acids is 2. The number of hydrogen-bond donors (Lipinski definition) is 1. The summed E-state index contributed by atoms with van der Waals surface area (Å²) in [5.74, 6) is -1.33. The predicted octanol–water partition coefficient (Wildman–Crippen LogP) is 3.96. The first-order chi connectivity index (χ1) is 14.2. The molecule has 1 aliphatic rings. The van der Waals surface area contributed by atoms with Crippen LogP contribution in [-0.4, -0.2) is 43.8 Å². The lowest BCUT2D eigenvalue weighted by Crippen LogP contribution is -2.30. The third-order valence-corrected chi connectivity index (χ3v) is 7.39. The third kappa shape index (κ3) is 4.95. The molecule has 0 bridgehead atoms. The molecule has 0 aliphatic carbocycles. The summed E-state index contributed by atoms with van der Waals surface area (Å²) in [5.41, 5.74) is 0.435. The normalized spacial score (nSPS) is 15.6. The monoisotopic (exact) mass is 470 g/mol. The van der Waals surface area contributed by atoms with Gasteiger partial charge in [0.15, 0.2) is 6.10 Å². The molecule has 2 aromatic carbocycles. The summed E-state index contributed by atoms with van der Waals surface area (Å²) >= 11 is 11.9. The number of benzene rings is 2. The Morgan fingerprint density at radius 2 is 1.70 bits per heavy atom. The third-order valence-electron chi connectivity index (χ3n) is 4.66. The van der Waals surface area contributed by atoms with Crippen LogP contribution < -0.4 is 5.32 Å². The summed E-state index contributed by atoms with van der Waals surface area (Å²) in [6, 6.07) is 10.2. The Labute approximate surface area is 185 Å². The molecule has 0 saturated carbocycles. The topological polar surface area (TPSA) is 92.8 Å². The van der Waals surface area contributed by atoms with Gasteiger partial charge in [0.1, 0.15) is 0 Å². The molecule has 2 aromatic rings. The maximum atomic E-state index is 12.5. The van der Waals surface area contributed by atoms with Gasteiger partial charge in [-0.2, -0.15) is 4.31 Å². The molecular weight excluding hydrogens is 451 g/mol. The van der Waals surface area contributed by atoms with Crippen molar-refractivity contribution in [1.82, 2.24) is 4.31 Å². The van der Waals surface area contributed by atoms with Crippen molar-refractivity contribution in [2.75, 3.05) is 18.4 Å². The van der Waals surface area contributed by atoms with Gasteiger partial charge in [-0.3, -0.25) is 4.79 Å². The fourth-order valence-corrected chi connectivity index (χ4v) is 4.82. The average Bonchev–Trinajstić information content (AvgIpc) is 3.27. The summed E-state index contributed by atoms with van der Waals surface area (Å²) in [6.45, 7) is 2.41. The molecule has 0 radical (unpaired) electrons. The molecule has 3 rings (SSSR count). The molecule has 0 aromatic heterocycles. The molecule has 1 heterocycles. The van der Waals surface area contributed by atoms with Crippen molar-refractivity contribution in [3.63, 3.8) is 0 Å². The zero-order valence-corrected chi connectivity index (χ0v) is 18.4. The fraction of sp³-hybridized carbons (Fsp3) is 0.300. The second-order valence-electron chi connectivity index (χ2n) is 6.77. The fourth-order valence-electron chi connectivity index (χ4n) is 2.96. The predicted molar refractivity (Wildman–Crippen MR) is 114 cm³/mol. The first-order valence-electron chi connectivity index (χ1n) is 9.26. The molecule has 1 unspecified atom stereocenters. The van der Waals surface area contributed by atoms with Gasteiger partial charge in [-0.15, -0.1) is 0 Å². The highest BCUT2D eigenvalue weighted by atomic mass is 35.5. The van der Waals surface area contributed by atoms with Gasteiger partial charge in [0.2, 0.25) is 10.0 Å². The molecule has 1 saturated heterocycles. The van der Waals surface area contributed by atoms with Gasteiger partial charge in [-0.1, -0.05) is 29.3 Å². The number of nitrogens with one attached hydrogen (secondary N) is 1. The molecule has 1 aliphatic heterocycles. The van der Waals surface area contributed by atoms with E-state index in [1.807, 2.05) is 0 Å². The largest absolute Gasteiger partial charge is 0.449 e. The second-order valence-corrected chi connectivity index (χ2v) is 9.50. The smallest absolute Gasteiger partial charge is 0.338 e. The summed E-state index contributed by atoms with van der Waals surface area (Å²) in [7, 11) is -3.57. The quantitative estimate of drug-likeness (QED) is 0.644. The molecule has 1 atom stereocenters. The number of carbonyl (C=O) groups is 2. The summed E-state index contributed by atoms with van der Waals surface area (Å²) in [6.07, 6.45) is 0.564. The van der Waals surface area contributed by atoms with Crippen LogP contribution in [0.15, 0.2) is 47.4 Å². The molecule has 1 N–H and O–H groups in total. The van der Waals surface area contributed by atoms with Crippen molar-refractivity contribution < 1.29 is 22.7 Å². The Morgan fingerprint density at radius 3 is 2.33 bits per heavy atom. The van der Waals surface area contributed by atoms with Crippen molar-refractivity contribution in [2.24, 2.45) is 0 Å². The van der Waals surface area contributed by atoms with Crippen LogP contribution in [0.25, 0.3) is 0 Å². The summed E-state index contributed by atoms with van der Waals surface area (Å²) in [4.78, 5) is 24.8. The van der Waals surface area contributed by atoms with Crippen molar-refractivity contribution >= 4 is 50.8 Å². The van der Waals surface area contributed by atoms with E-state index < -0.39 is 28.0 Å². The van der Waals surface area contributed by atoms with Gasteiger partial charge in [-0.25, -0.2) is 13.2 Å². The number of sulfonamides is 1. The highest BCUT2D eigenvalue weighted by molar-refractivity contribution is 7.89. The molecular formula is C20H20Cl2N2O5S. The number of amides is 1. The number of ether oxygens (including phenoxy) is 1. The van der Waals surface area contributed by atoms with Gasteiger partial charge < -0.3 is 10.1 Å². The minimum Gasteiger partial charge on any atom is -0.449 e. The van der Waals surface area contributed by atoms with Crippen LogP contribution in [0, 0.1) is 0 Å². The van der Waals surface area contributed by atoms with Crippen molar-refractivity contribution in [3.05, 3.63) is 58.1 Å². The van der Waals surface area contributed by atoms with Crippen molar-refractivity contribution in [2.45, 2.75) is 30.8 Å². The van der Waals surface area contributed by atoms with Gasteiger partial charge in [0, 0.05) is 13.1 Å². The lowest BCUT2D eigenvalue weighted by Gasteiger charge is -2.16. The highest BCUT2D eigenvalue weighted by Crippen LogP contribution is 2.29. The Balaban J connectivity index is 1.63. The summed E-state index contributed by atoms with van der Waals surface area (Å²) < 4.78 is 31.7. The maximum absolute atomic E-state index is 12.5. The number of esters is 1. The standard InChI is InChI=1S/C20H20Cl2N2O5S/c1-13(19(25)23-17-6-4-5-16(21)18(17)22)29-20(26)14-7-9-15(10-8-14)30(27,28)24-11-2-3-12-24/h4-10,13H,2-3,11-12H2,1H3,(H,23,25). The molecule has 1 amide bonds. The van der Waals surface area contributed by atoms with E-state index in [0.717, 1.165) is 12.8 Å². The minimum absolute atomic E-state index is 0.113. The zero-order chi connectivity index (χ0) is 21.9. The first-order valence-corrected chi connectivity index (χ1v) is 11.5. The molecule has 1 fully saturated rings. The highest BCUT2D eigenvalue weighted by Gasteiger charge is 2.27. The Hall–Kier alpha value is -2.13. The number of nitrogens with zero attached hydrogens (tertiary/aromatic N) is 1. The number of halogens is 2. The van der Waals surface area contributed by atoms with Crippen LogP contribution >= 0.6 is 23.2 Å². The Bertz CT molecular complexity index is 1050. The number of hydrogen-bond acceptors (Lipinski definition) is 5. The van der Waals surface area contributed by atoms with E-state index in [9.17, 15) is 18.0 Å². The van der Waals surface area contributed by atoms with Crippen LogP contribution in [0.3, 0.4) is 0 Å². The lowest BCUT2D eigenvalue weighted by molar-refractivity contribution is -0.123. The van der Waals surface area contributed by atoms with Crippen LogP contribution in [0.1, 0.15) is 30.1 Å². The minimum atomic E-state index is -3.57. The van der Waals surface area contributed by atoms with E-state index in [2.05, 4.69) is 5.32 Å². The molecule has 30 heavy (non-hydrogen) atoms. The summed E-state index contributed by atoms with van der Waals surface area (Å²) in [5, 5.41) is 3.01. The maximum Gasteiger partial charge on any atom is 0.338 e. The van der Waals surface area contributed by atoms with E-state index in [-0.39, 0.29) is 20.5 Å². The van der Waals surface area contributed by atoms with Crippen molar-refractivity contribution in [3.8, 4) is 0 Å². The molecule has 0 spiro atoms. The van der Waals surface area contributed by atoms with E-state index >= 15 is 0 Å². The van der Waals surface area contributed by atoms with Crippen LogP contribution in [0.2, 0.25) is 10.0 Å². The van der Waals surface area contributed by atoms with E-state index in [1.54, 1.807) is 18.2 Å². The van der Waals surface area contributed by atoms with Crippen molar-refractivity contribution in [1.29, 1.82) is 0 Å². The zero-order valence-electron chi connectivity index (χ0n) is 16.1. The van der Waals surface area contributed by atoms with E-state index in [0.29, 0.717) is 18.8 Å². The Kier molecular flexibility index (Phi) is 7.02. The van der Waals surface area contributed by atoms with Gasteiger partial charge in [0.25, 0.3) is 5.91 Å². The first kappa shape index (κ1) is 22.6. The number of rotatable bonds is 6. The molecule has 7 nitrogen and oxygen atoms in total. The SMILES string of the molecule is CC(OC(=O)c1ccc(S(=O)(=O)N2CCCC2)cc1)C(=O)Nc1cccc(Cl)c1Cl. The van der Waals surface area contributed by atoms with Crippen LogP contribution in [-0.2, 0) is 19.6 Å².